The first-order valence-corrected chi connectivity index (χ1v) is 7.54. The number of hydrogen-bond donors (Lipinski definition) is 0. The van der Waals surface area contributed by atoms with Gasteiger partial charge in [0.05, 0.1) is 23.8 Å². The average molecular weight is 258 g/mol. The van der Waals surface area contributed by atoms with Crippen molar-refractivity contribution >= 4 is 0 Å². The maximum Gasteiger partial charge on any atom is 0.0981 e. The highest BCUT2D eigenvalue weighted by atomic mass is 15.3. The Bertz CT molecular complexity index is 453. The topological polar surface area (TPSA) is 44.9 Å². The number of nitrogens with zero attached hydrogens (tertiary/aromatic N) is 4. The van der Waals surface area contributed by atoms with Crippen molar-refractivity contribution in [3.63, 3.8) is 0 Å². The Balaban J connectivity index is 1.64. The van der Waals surface area contributed by atoms with Gasteiger partial charge in [0, 0.05) is 12.7 Å². The maximum atomic E-state index is 9.20. The minimum Gasteiger partial charge on any atom is -0.282 e. The van der Waals surface area contributed by atoms with Crippen LogP contribution in [-0.2, 0) is 6.54 Å². The molecule has 0 radical (unpaired) electrons. The van der Waals surface area contributed by atoms with Gasteiger partial charge in [-0.1, -0.05) is 12.8 Å². The van der Waals surface area contributed by atoms with Crippen molar-refractivity contribution in [1.29, 1.82) is 5.26 Å². The zero-order valence-corrected chi connectivity index (χ0v) is 11.5. The molecule has 2 aliphatic rings. The second-order valence-corrected chi connectivity index (χ2v) is 5.84. The molecule has 0 bridgehead atoms. The van der Waals surface area contributed by atoms with Gasteiger partial charge in [-0.15, -0.1) is 0 Å². The van der Waals surface area contributed by atoms with Crippen LogP contribution in [0.4, 0.5) is 0 Å². The van der Waals surface area contributed by atoms with Crippen LogP contribution in [0.5, 0.6) is 0 Å². The third-order valence-corrected chi connectivity index (χ3v) is 4.49. The highest BCUT2D eigenvalue weighted by Crippen LogP contribution is 2.29. The fourth-order valence-electron chi connectivity index (χ4n) is 3.37. The molecule has 2 fully saturated rings. The summed E-state index contributed by atoms with van der Waals surface area (Å²) >= 11 is 0. The van der Waals surface area contributed by atoms with E-state index in [2.05, 4.69) is 27.9 Å². The summed E-state index contributed by atoms with van der Waals surface area (Å²) in [4.78, 5) is 2.28. The molecule has 4 heteroatoms. The lowest BCUT2D eigenvalue weighted by molar-refractivity contribution is 0.174. The molecule has 1 aliphatic carbocycles. The van der Waals surface area contributed by atoms with Gasteiger partial charge in [0.2, 0.25) is 0 Å². The monoisotopic (exact) mass is 258 g/mol. The number of hydrogen-bond acceptors (Lipinski definition) is 3. The van der Waals surface area contributed by atoms with Crippen LogP contribution in [0.25, 0.3) is 0 Å². The summed E-state index contributed by atoms with van der Waals surface area (Å²) < 4.78 is 2.15. The number of piperidine rings is 1. The molecule has 102 valence electrons. The minimum atomic E-state index is 0.0883. The molecule has 0 aromatic carbocycles. The molecule has 1 aromatic rings. The summed E-state index contributed by atoms with van der Waals surface area (Å²) in [5.41, 5.74) is 1.12. The van der Waals surface area contributed by atoms with Crippen molar-refractivity contribution in [2.24, 2.45) is 0 Å². The Morgan fingerprint density at radius 2 is 2.00 bits per heavy atom. The first-order chi connectivity index (χ1) is 9.36. The van der Waals surface area contributed by atoms with Gasteiger partial charge in [0.15, 0.2) is 0 Å². The molecule has 4 nitrogen and oxygen atoms in total. The molecule has 1 aliphatic heterocycles. The van der Waals surface area contributed by atoms with E-state index in [1.165, 1.54) is 38.5 Å². The van der Waals surface area contributed by atoms with E-state index in [1.807, 2.05) is 0 Å². The van der Waals surface area contributed by atoms with Crippen LogP contribution in [0.2, 0.25) is 0 Å². The van der Waals surface area contributed by atoms with Gasteiger partial charge in [-0.25, -0.2) is 0 Å². The molecule has 1 saturated heterocycles. The molecular weight excluding hydrogens is 236 g/mol. The molecule has 1 aromatic heterocycles. The normalized spacial score (nSPS) is 25.5. The van der Waals surface area contributed by atoms with Crippen LogP contribution in [0.1, 0.15) is 56.7 Å². The quantitative estimate of drug-likeness (QED) is 0.837. The summed E-state index contributed by atoms with van der Waals surface area (Å²) in [5.74, 6) is 0. The third-order valence-electron chi connectivity index (χ3n) is 4.49. The highest BCUT2D eigenvalue weighted by molar-refractivity contribution is 5.03. The average Bonchev–Trinajstić information content (AvgIpc) is 3.09. The fraction of sp³-hybridized carbons (Fsp3) is 0.733. The summed E-state index contributed by atoms with van der Waals surface area (Å²) in [6.07, 6.45) is 10.7. The number of likely N-dealkylation sites (tertiary alicyclic amines) is 1. The zero-order chi connectivity index (χ0) is 13.1. The van der Waals surface area contributed by atoms with Gasteiger partial charge in [-0.05, 0) is 44.7 Å². The van der Waals surface area contributed by atoms with Crippen molar-refractivity contribution in [1.82, 2.24) is 14.7 Å². The van der Waals surface area contributed by atoms with Gasteiger partial charge in [-0.2, -0.15) is 10.4 Å². The van der Waals surface area contributed by atoms with Gasteiger partial charge < -0.3 is 0 Å². The van der Waals surface area contributed by atoms with Crippen LogP contribution >= 0.6 is 0 Å². The van der Waals surface area contributed by atoms with Crippen molar-refractivity contribution in [3.05, 3.63) is 18.0 Å². The van der Waals surface area contributed by atoms with Crippen LogP contribution in [0, 0.1) is 11.3 Å². The molecule has 1 saturated carbocycles. The van der Waals surface area contributed by atoms with Crippen molar-refractivity contribution in [2.45, 2.75) is 63.6 Å². The summed E-state index contributed by atoms with van der Waals surface area (Å²) in [6.45, 7) is 1.87. The molecule has 1 atom stereocenters. The van der Waals surface area contributed by atoms with Crippen molar-refractivity contribution in [2.75, 3.05) is 6.54 Å². The Hall–Kier alpha value is -1.34. The molecule has 3 rings (SSSR count). The Morgan fingerprint density at radius 1 is 1.21 bits per heavy atom. The van der Waals surface area contributed by atoms with Crippen LogP contribution < -0.4 is 0 Å². The number of aromatic nitrogens is 2. The minimum absolute atomic E-state index is 0.0883. The van der Waals surface area contributed by atoms with Crippen LogP contribution in [0.15, 0.2) is 12.3 Å². The Labute approximate surface area is 115 Å². The van der Waals surface area contributed by atoms with Crippen LogP contribution in [0.3, 0.4) is 0 Å². The van der Waals surface area contributed by atoms with E-state index in [0.29, 0.717) is 6.04 Å². The number of nitriles is 1. The highest BCUT2D eigenvalue weighted by Gasteiger charge is 2.23. The van der Waals surface area contributed by atoms with Crippen molar-refractivity contribution in [3.8, 4) is 6.07 Å². The SMILES string of the molecule is N#CC1CCCCN1Cc1ccn(C2CCCC2)n1. The second-order valence-electron chi connectivity index (χ2n) is 5.84. The molecule has 2 heterocycles. The standard InChI is InChI=1S/C15H22N4/c16-11-15-7-3-4-9-18(15)12-13-8-10-19(17-13)14-5-1-2-6-14/h8,10,14-15H,1-7,9,12H2. The lowest BCUT2D eigenvalue weighted by Crippen LogP contribution is -2.38. The second kappa shape index (κ2) is 5.75. The lowest BCUT2D eigenvalue weighted by atomic mass is 10.0. The maximum absolute atomic E-state index is 9.20. The fourth-order valence-corrected chi connectivity index (χ4v) is 3.37. The van der Waals surface area contributed by atoms with Crippen molar-refractivity contribution < 1.29 is 0 Å². The summed E-state index contributed by atoms with van der Waals surface area (Å²) in [7, 11) is 0. The smallest absolute Gasteiger partial charge is 0.0981 e. The predicted octanol–water partition coefficient (Wildman–Crippen LogP) is 2.88. The van der Waals surface area contributed by atoms with Gasteiger partial charge in [0.25, 0.3) is 0 Å². The van der Waals surface area contributed by atoms with E-state index in [9.17, 15) is 5.26 Å². The first-order valence-electron chi connectivity index (χ1n) is 7.54. The first kappa shape index (κ1) is 12.7. The third kappa shape index (κ3) is 2.82. The number of rotatable bonds is 3. The molecule has 0 amide bonds. The van der Waals surface area contributed by atoms with Gasteiger partial charge >= 0.3 is 0 Å². The van der Waals surface area contributed by atoms with E-state index in [-0.39, 0.29) is 6.04 Å². The predicted molar refractivity (Wildman–Crippen MR) is 73.4 cm³/mol. The Kier molecular flexibility index (Phi) is 3.84. The largest absolute Gasteiger partial charge is 0.282 e. The zero-order valence-electron chi connectivity index (χ0n) is 11.5. The van der Waals surface area contributed by atoms with Gasteiger partial charge in [0.1, 0.15) is 0 Å². The van der Waals surface area contributed by atoms with Crippen LogP contribution in [-0.4, -0.2) is 27.3 Å². The molecule has 0 N–H and O–H groups in total. The van der Waals surface area contributed by atoms with E-state index in [1.54, 1.807) is 0 Å². The van der Waals surface area contributed by atoms with E-state index >= 15 is 0 Å². The Morgan fingerprint density at radius 3 is 2.79 bits per heavy atom. The summed E-state index contributed by atoms with van der Waals surface area (Å²) in [5, 5.41) is 13.9. The van der Waals surface area contributed by atoms with E-state index < -0.39 is 0 Å². The molecule has 0 spiro atoms. The van der Waals surface area contributed by atoms with E-state index in [4.69, 9.17) is 5.10 Å². The molecular formula is C15H22N4. The van der Waals surface area contributed by atoms with E-state index in [0.717, 1.165) is 25.2 Å². The molecule has 19 heavy (non-hydrogen) atoms. The summed E-state index contributed by atoms with van der Waals surface area (Å²) in [6, 6.07) is 5.26. The van der Waals surface area contributed by atoms with Gasteiger partial charge in [-0.3, -0.25) is 9.58 Å². The lowest BCUT2D eigenvalue weighted by Gasteiger charge is -2.30. The molecule has 1 unspecified atom stereocenters.